The highest BCUT2D eigenvalue weighted by Crippen LogP contribution is 1.94. The predicted molar refractivity (Wildman–Crippen MR) is 57.7 cm³/mol. The second-order valence-corrected chi connectivity index (χ2v) is 4.09. The molecule has 5 nitrogen and oxygen atoms in total. The van der Waals surface area contributed by atoms with Gasteiger partial charge in [-0.15, -0.1) is 0 Å². The van der Waals surface area contributed by atoms with Crippen molar-refractivity contribution in [2.45, 2.75) is 19.4 Å². The van der Waals surface area contributed by atoms with Gasteiger partial charge in [0.15, 0.2) is 5.43 Å². The van der Waals surface area contributed by atoms with E-state index in [1.807, 2.05) is 0 Å². The molecule has 0 saturated carbocycles. The highest BCUT2D eigenvalue weighted by atomic mass is 16.2. The number of rotatable bonds is 3. The molecule has 82 valence electrons. The molecular weight excluding hydrogens is 194 g/mol. The fraction of sp³-hybridized carbons (Fsp3) is 0.400. The van der Waals surface area contributed by atoms with Crippen molar-refractivity contribution < 1.29 is 4.79 Å². The average Bonchev–Trinajstić information content (AvgIpc) is 2.14. The van der Waals surface area contributed by atoms with Gasteiger partial charge in [0.2, 0.25) is 0 Å². The van der Waals surface area contributed by atoms with Crippen LogP contribution in [0.5, 0.6) is 0 Å². The zero-order chi connectivity index (χ0) is 11.5. The van der Waals surface area contributed by atoms with Crippen molar-refractivity contribution in [3.05, 3.63) is 34.2 Å². The second-order valence-electron chi connectivity index (χ2n) is 4.09. The Hall–Kier alpha value is -1.62. The SMILES string of the molecule is CC(C)(N)CNC(=O)c1c[nH]ccc1=O. The number of aromatic nitrogens is 1. The number of amides is 1. The molecular formula is C10H15N3O2. The van der Waals surface area contributed by atoms with Crippen molar-refractivity contribution in [3.8, 4) is 0 Å². The van der Waals surface area contributed by atoms with E-state index >= 15 is 0 Å². The van der Waals surface area contributed by atoms with Crippen molar-refractivity contribution in [1.82, 2.24) is 10.3 Å². The van der Waals surface area contributed by atoms with Crippen LogP contribution in [-0.2, 0) is 0 Å². The summed E-state index contributed by atoms with van der Waals surface area (Å²) in [5, 5.41) is 2.60. The number of carbonyl (C=O) groups excluding carboxylic acids is 1. The maximum atomic E-state index is 11.5. The molecule has 0 aliphatic rings. The fourth-order valence-corrected chi connectivity index (χ4v) is 0.997. The Morgan fingerprint density at radius 1 is 1.60 bits per heavy atom. The highest BCUT2D eigenvalue weighted by molar-refractivity contribution is 5.93. The maximum Gasteiger partial charge on any atom is 0.256 e. The first-order valence-corrected chi connectivity index (χ1v) is 4.64. The lowest BCUT2D eigenvalue weighted by molar-refractivity contribution is 0.0944. The summed E-state index contributed by atoms with van der Waals surface area (Å²) < 4.78 is 0. The lowest BCUT2D eigenvalue weighted by Crippen LogP contribution is -2.45. The van der Waals surface area contributed by atoms with Crippen molar-refractivity contribution in [3.63, 3.8) is 0 Å². The molecule has 0 radical (unpaired) electrons. The van der Waals surface area contributed by atoms with Crippen LogP contribution in [0, 0.1) is 0 Å². The Morgan fingerprint density at radius 3 is 2.80 bits per heavy atom. The van der Waals surface area contributed by atoms with Gasteiger partial charge in [0.25, 0.3) is 5.91 Å². The number of H-pyrrole nitrogens is 1. The molecule has 1 rings (SSSR count). The van der Waals surface area contributed by atoms with E-state index in [2.05, 4.69) is 10.3 Å². The third-order valence-corrected chi connectivity index (χ3v) is 1.77. The van der Waals surface area contributed by atoms with Crippen LogP contribution in [0.1, 0.15) is 24.2 Å². The molecule has 0 aromatic carbocycles. The number of aromatic amines is 1. The lowest BCUT2D eigenvalue weighted by Gasteiger charge is -2.18. The molecule has 0 aliphatic heterocycles. The van der Waals surface area contributed by atoms with Crippen LogP contribution in [0.25, 0.3) is 0 Å². The Labute approximate surface area is 87.7 Å². The van der Waals surface area contributed by atoms with Crippen molar-refractivity contribution in [2.75, 3.05) is 6.54 Å². The fourth-order valence-electron chi connectivity index (χ4n) is 0.997. The summed E-state index contributed by atoms with van der Waals surface area (Å²) in [6.45, 7) is 3.91. The molecule has 1 heterocycles. The smallest absolute Gasteiger partial charge is 0.256 e. The monoisotopic (exact) mass is 209 g/mol. The molecule has 0 spiro atoms. The van der Waals surface area contributed by atoms with E-state index in [-0.39, 0.29) is 11.0 Å². The van der Waals surface area contributed by atoms with Gasteiger partial charge in [-0.25, -0.2) is 0 Å². The van der Waals surface area contributed by atoms with Crippen molar-refractivity contribution in [2.24, 2.45) is 5.73 Å². The van der Waals surface area contributed by atoms with Crippen molar-refractivity contribution in [1.29, 1.82) is 0 Å². The molecule has 15 heavy (non-hydrogen) atoms. The predicted octanol–water partition coefficient (Wildman–Crippen LogP) is -0.158. The molecule has 5 heteroatoms. The number of hydrogen-bond acceptors (Lipinski definition) is 3. The summed E-state index contributed by atoms with van der Waals surface area (Å²) >= 11 is 0. The lowest BCUT2D eigenvalue weighted by atomic mass is 10.1. The quantitative estimate of drug-likeness (QED) is 0.646. The zero-order valence-corrected chi connectivity index (χ0v) is 8.83. The molecule has 1 amide bonds. The third-order valence-electron chi connectivity index (χ3n) is 1.77. The summed E-state index contributed by atoms with van der Waals surface area (Å²) in [4.78, 5) is 25.5. The van der Waals surface area contributed by atoms with E-state index in [9.17, 15) is 9.59 Å². The van der Waals surface area contributed by atoms with Gasteiger partial charge in [0.1, 0.15) is 5.56 Å². The van der Waals surface area contributed by atoms with E-state index in [1.54, 1.807) is 13.8 Å². The van der Waals surface area contributed by atoms with Crippen LogP contribution in [0.2, 0.25) is 0 Å². The minimum absolute atomic E-state index is 0.0988. The van der Waals surface area contributed by atoms with Gasteiger partial charge < -0.3 is 16.0 Å². The average molecular weight is 209 g/mol. The highest BCUT2D eigenvalue weighted by Gasteiger charge is 2.14. The normalized spacial score (nSPS) is 11.1. The first-order valence-electron chi connectivity index (χ1n) is 4.64. The van der Waals surface area contributed by atoms with Crippen LogP contribution < -0.4 is 16.5 Å². The molecule has 4 N–H and O–H groups in total. The Bertz CT molecular complexity index is 404. The van der Waals surface area contributed by atoms with Crippen molar-refractivity contribution >= 4 is 5.91 Å². The first kappa shape index (κ1) is 11.5. The Morgan fingerprint density at radius 2 is 2.27 bits per heavy atom. The molecule has 0 fully saturated rings. The molecule has 0 aliphatic carbocycles. The first-order chi connectivity index (χ1) is 6.90. The second kappa shape index (κ2) is 4.27. The standard InChI is InChI=1S/C10H15N3O2/c1-10(2,11)6-13-9(15)7-5-12-4-3-8(7)14/h3-5H,6,11H2,1-2H3,(H,12,14)(H,13,15). The van der Waals surface area contributed by atoms with Crippen LogP contribution in [0.4, 0.5) is 0 Å². The summed E-state index contributed by atoms with van der Waals surface area (Å²) in [6.07, 6.45) is 2.85. The van der Waals surface area contributed by atoms with Gasteiger partial charge in [-0.1, -0.05) is 0 Å². The number of nitrogens with one attached hydrogen (secondary N) is 2. The summed E-state index contributed by atoms with van der Waals surface area (Å²) in [5.41, 5.74) is 5.00. The topological polar surface area (TPSA) is 88.0 Å². The molecule has 1 aromatic heterocycles. The Kier molecular flexibility index (Phi) is 3.26. The van der Waals surface area contributed by atoms with E-state index in [0.29, 0.717) is 6.54 Å². The van der Waals surface area contributed by atoms with Crippen LogP contribution in [0.3, 0.4) is 0 Å². The van der Waals surface area contributed by atoms with Gasteiger partial charge in [0.05, 0.1) is 0 Å². The van der Waals surface area contributed by atoms with Crippen LogP contribution in [0.15, 0.2) is 23.3 Å². The third kappa shape index (κ3) is 3.55. The number of carbonyl (C=O) groups is 1. The molecule has 1 aromatic rings. The van der Waals surface area contributed by atoms with Gasteiger partial charge in [-0.05, 0) is 13.8 Å². The molecule has 0 unspecified atom stereocenters. The Balaban J connectivity index is 2.71. The number of nitrogens with two attached hydrogens (primary N) is 1. The van der Waals surface area contributed by atoms with Gasteiger partial charge in [-0.2, -0.15) is 0 Å². The van der Waals surface area contributed by atoms with E-state index < -0.39 is 11.4 Å². The van der Waals surface area contributed by atoms with Crippen LogP contribution >= 0.6 is 0 Å². The summed E-state index contributed by atoms with van der Waals surface area (Å²) in [6, 6.07) is 1.31. The number of hydrogen-bond donors (Lipinski definition) is 3. The van der Waals surface area contributed by atoms with E-state index in [4.69, 9.17) is 5.73 Å². The summed E-state index contributed by atoms with van der Waals surface area (Å²) in [5.74, 6) is -0.407. The van der Waals surface area contributed by atoms with Gasteiger partial charge in [-0.3, -0.25) is 9.59 Å². The summed E-state index contributed by atoms with van der Waals surface area (Å²) in [7, 11) is 0. The molecule has 0 saturated heterocycles. The maximum absolute atomic E-state index is 11.5. The van der Waals surface area contributed by atoms with E-state index in [1.165, 1.54) is 18.5 Å². The van der Waals surface area contributed by atoms with E-state index in [0.717, 1.165) is 0 Å². The van der Waals surface area contributed by atoms with Gasteiger partial charge >= 0.3 is 0 Å². The van der Waals surface area contributed by atoms with Crippen LogP contribution in [-0.4, -0.2) is 23.0 Å². The number of pyridine rings is 1. The largest absolute Gasteiger partial charge is 0.367 e. The minimum atomic E-state index is -0.489. The molecule has 0 bridgehead atoms. The molecule has 0 atom stereocenters. The zero-order valence-electron chi connectivity index (χ0n) is 8.83. The van der Waals surface area contributed by atoms with Gasteiger partial charge in [0, 0.05) is 30.5 Å². The minimum Gasteiger partial charge on any atom is -0.367 e.